The molecule has 0 saturated heterocycles. The van der Waals surface area contributed by atoms with Gasteiger partial charge in [0.25, 0.3) is 0 Å². The van der Waals surface area contributed by atoms with Crippen LogP contribution >= 0.6 is 0 Å². The second kappa shape index (κ2) is 36.4. The number of rotatable bonds is 18. The Morgan fingerprint density at radius 1 is 0.345 bits per heavy atom. The second-order valence-corrected chi connectivity index (χ2v) is 7.80. The molecule has 182 valence electrons. The minimum atomic E-state index is 0. The third-order valence-electron chi connectivity index (χ3n) is 4.97. The van der Waals surface area contributed by atoms with Gasteiger partial charge < -0.3 is 34.6 Å². The zero-order valence-corrected chi connectivity index (χ0v) is 23.3. The fourth-order valence-electron chi connectivity index (χ4n) is 2.96. The van der Waals surface area contributed by atoms with E-state index in [-0.39, 0.29) is 41.9 Å². The Labute approximate surface area is 209 Å². The van der Waals surface area contributed by atoms with Crippen molar-refractivity contribution in [1.29, 1.82) is 0 Å². The van der Waals surface area contributed by atoms with Gasteiger partial charge >= 0.3 is 17.1 Å². The van der Waals surface area contributed by atoms with Gasteiger partial charge in [-0.2, -0.15) is 0 Å². The van der Waals surface area contributed by atoms with E-state index in [9.17, 15) is 0 Å². The van der Waals surface area contributed by atoms with Crippen LogP contribution in [0.25, 0.3) is 0 Å². The van der Waals surface area contributed by atoms with E-state index < -0.39 is 0 Å². The van der Waals surface area contributed by atoms with E-state index in [1.54, 1.807) is 0 Å². The van der Waals surface area contributed by atoms with E-state index in [4.69, 9.17) is 0 Å². The Morgan fingerprint density at radius 3 is 0.586 bits per heavy atom. The summed E-state index contributed by atoms with van der Waals surface area (Å²) in [6.07, 6.45) is 16.2. The molecule has 0 unspecified atom stereocenters. The van der Waals surface area contributed by atoms with Crippen molar-refractivity contribution in [3.8, 4) is 0 Å². The van der Waals surface area contributed by atoms with Crippen LogP contribution in [-0.2, 0) is 17.1 Å². The van der Waals surface area contributed by atoms with Crippen molar-refractivity contribution in [3.05, 3.63) is 0 Å². The molecule has 5 heteroatoms. The number of unbranched alkanes of at least 4 members (excludes halogenated alkanes) is 6. The topological polar surface area (TPSA) is 6.48 Å². The molecule has 0 aromatic carbocycles. The summed E-state index contributed by atoms with van der Waals surface area (Å²) in [5.74, 6) is 0. The summed E-state index contributed by atoms with van der Waals surface area (Å²) in [4.78, 5) is 5.27. The van der Waals surface area contributed by atoms with Crippen LogP contribution in [0, 0.1) is 0 Å². The molecule has 0 atom stereocenters. The minimum Gasteiger partial charge on any atom is -1.00 e. The molecule has 0 aliphatic carbocycles. The molecule has 0 aliphatic heterocycles. The third kappa shape index (κ3) is 33.8. The number of halogens is 2. The predicted molar refractivity (Wildman–Crippen MR) is 122 cm³/mol. The maximum atomic E-state index is 2.64. The van der Waals surface area contributed by atoms with Gasteiger partial charge in [-0.05, 0) is 77.8 Å². The van der Waals surface area contributed by atoms with Gasteiger partial charge in [0.2, 0.25) is 0 Å². The fourth-order valence-corrected chi connectivity index (χ4v) is 2.96. The SMILES string of the molecule is CCCCN(CCCC)CCCC.CCCCN(CCCC)CCCC.[Cl-].[Cl-].[Fe+2]. The van der Waals surface area contributed by atoms with E-state index in [0.717, 1.165) is 0 Å². The normalized spacial score (nSPS) is 9.93. The summed E-state index contributed by atoms with van der Waals surface area (Å²) < 4.78 is 0. The molecule has 0 bridgehead atoms. The largest absolute Gasteiger partial charge is 2.00 e. The molecule has 0 rings (SSSR count). The van der Waals surface area contributed by atoms with Crippen molar-refractivity contribution in [2.75, 3.05) is 39.3 Å². The van der Waals surface area contributed by atoms with Crippen LogP contribution < -0.4 is 24.8 Å². The summed E-state index contributed by atoms with van der Waals surface area (Å²) in [5, 5.41) is 0. The van der Waals surface area contributed by atoms with Crippen molar-refractivity contribution in [2.45, 2.75) is 119 Å². The predicted octanol–water partition coefficient (Wildman–Crippen LogP) is 1.38. The maximum absolute atomic E-state index is 2.64. The van der Waals surface area contributed by atoms with E-state index in [1.165, 1.54) is 116 Å². The summed E-state index contributed by atoms with van der Waals surface area (Å²) in [5.41, 5.74) is 0. The fraction of sp³-hybridized carbons (Fsp3) is 1.00. The van der Waals surface area contributed by atoms with E-state index in [1.807, 2.05) is 0 Å². The molecule has 0 saturated carbocycles. The molecule has 0 heterocycles. The molecular formula is C24H54Cl2FeN2. The van der Waals surface area contributed by atoms with Crippen LogP contribution in [0.3, 0.4) is 0 Å². The molecule has 0 radical (unpaired) electrons. The van der Waals surface area contributed by atoms with Gasteiger partial charge in [0.05, 0.1) is 0 Å². The van der Waals surface area contributed by atoms with E-state index >= 15 is 0 Å². The summed E-state index contributed by atoms with van der Waals surface area (Å²) >= 11 is 0. The molecule has 0 amide bonds. The van der Waals surface area contributed by atoms with Gasteiger partial charge in [-0.25, -0.2) is 0 Å². The van der Waals surface area contributed by atoms with Gasteiger partial charge in [0.1, 0.15) is 0 Å². The summed E-state index contributed by atoms with van der Waals surface area (Å²) in [6.45, 7) is 21.5. The first-order valence-corrected chi connectivity index (χ1v) is 12.1. The second-order valence-electron chi connectivity index (χ2n) is 7.80. The van der Waals surface area contributed by atoms with Crippen LogP contribution in [0.5, 0.6) is 0 Å². The number of nitrogens with zero attached hydrogens (tertiary/aromatic N) is 2. The Morgan fingerprint density at radius 2 is 0.483 bits per heavy atom. The van der Waals surface area contributed by atoms with Gasteiger partial charge in [-0.3, -0.25) is 0 Å². The quantitative estimate of drug-likeness (QED) is 0.264. The Bertz CT molecular complexity index is 185. The molecule has 0 spiro atoms. The number of hydrogen-bond donors (Lipinski definition) is 0. The molecule has 2 nitrogen and oxygen atoms in total. The standard InChI is InChI=1S/2C12H27N.2ClH.Fe/c2*1-4-7-10-13(11-8-5-2)12-9-6-3;;;/h2*4-12H2,1-3H3;2*1H;/q;;;;+2/p-2. The zero-order valence-electron chi connectivity index (χ0n) is 20.7. The Hall–Kier alpha value is 1.02. The van der Waals surface area contributed by atoms with E-state index in [0.29, 0.717) is 0 Å². The van der Waals surface area contributed by atoms with Gasteiger partial charge in [-0.1, -0.05) is 80.1 Å². The molecule has 0 aromatic rings. The van der Waals surface area contributed by atoms with Crippen LogP contribution in [0.2, 0.25) is 0 Å². The first kappa shape index (κ1) is 40.4. The first-order chi connectivity index (χ1) is 12.7. The summed E-state index contributed by atoms with van der Waals surface area (Å²) in [6, 6.07) is 0. The Balaban J connectivity index is -0.000000120. The van der Waals surface area contributed by atoms with Crippen LogP contribution in [0.1, 0.15) is 119 Å². The van der Waals surface area contributed by atoms with Crippen LogP contribution in [0.15, 0.2) is 0 Å². The van der Waals surface area contributed by atoms with Gasteiger partial charge in [0.15, 0.2) is 0 Å². The van der Waals surface area contributed by atoms with Gasteiger partial charge in [-0.15, -0.1) is 0 Å². The van der Waals surface area contributed by atoms with Crippen LogP contribution in [-0.4, -0.2) is 49.1 Å². The molecule has 0 aliphatic rings. The van der Waals surface area contributed by atoms with Crippen molar-refractivity contribution >= 4 is 0 Å². The Kier molecular flexibility index (Phi) is 50.7. The van der Waals surface area contributed by atoms with Crippen molar-refractivity contribution in [2.24, 2.45) is 0 Å². The summed E-state index contributed by atoms with van der Waals surface area (Å²) in [7, 11) is 0. The molecule has 0 aromatic heterocycles. The average Bonchev–Trinajstić information content (AvgIpc) is 2.67. The maximum Gasteiger partial charge on any atom is 2.00 e. The monoisotopic (exact) mass is 496 g/mol. The third-order valence-corrected chi connectivity index (χ3v) is 4.97. The number of hydrogen-bond acceptors (Lipinski definition) is 2. The smallest absolute Gasteiger partial charge is 1.00 e. The average molecular weight is 497 g/mol. The molecule has 29 heavy (non-hydrogen) atoms. The van der Waals surface area contributed by atoms with E-state index in [2.05, 4.69) is 51.3 Å². The van der Waals surface area contributed by atoms with Crippen molar-refractivity contribution < 1.29 is 41.9 Å². The van der Waals surface area contributed by atoms with Gasteiger partial charge in [0, 0.05) is 0 Å². The molecule has 0 N–H and O–H groups in total. The molecule has 0 fully saturated rings. The van der Waals surface area contributed by atoms with Crippen molar-refractivity contribution in [3.63, 3.8) is 0 Å². The first-order valence-electron chi connectivity index (χ1n) is 12.1. The van der Waals surface area contributed by atoms with Crippen molar-refractivity contribution in [1.82, 2.24) is 9.80 Å². The van der Waals surface area contributed by atoms with Crippen LogP contribution in [0.4, 0.5) is 0 Å². The minimum absolute atomic E-state index is 0. The molecular weight excluding hydrogens is 443 g/mol. The zero-order chi connectivity index (χ0) is 19.9.